The predicted molar refractivity (Wildman–Crippen MR) is 109 cm³/mol. The molecule has 1 aromatic carbocycles. The lowest BCUT2D eigenvalue weighted by molar-refractivity contribution is -0.135. The van der Waals surface area contributed by atoms with Gasteiger partial charge in [-0.15, -0.1) is 0 Å². The maximum atomic E-state index is 12.7. The van der Waals surface area contributed by atoms with E-state index >= 15 is 0 Å². The van der Waals surface area contributed by atoms with Crippen LogP contribution in [0.4, 0.5) is 0 Å². The molecule has 2 aromatic rings. The molecule has 1 aromatic heterocycles. The number of H-pyrrole nitrogens is 1. The first-order valence-electron chi connectivity index (χ1n) is 9.98. The maximum absolute atomic E-state index is 12.7. The highest BCUT2D eigenvalue weighted by molar-refractivity contribution is 6.31. The molecule has 2 aliphatic rings. The molecule has 1 saturated heterocycles. The molecule has 2 aliphatic heterocycles. The summed E-state index contributed by atoms with van der Waals surface area (Å²) in [6.45, 7) is 0.839. The van der Waals surface area contributed by atoms with Crippen molar-refractivity contribution in [3.8, 4) is 5.75 Å². The topological polar surface area (TPSA) is 104 Å². The Morgan fingerprint density at radius 2 is 2.20 bits per heavy atom. The van der Waals surface area contributed by atoms with Gasteiger partial charge in [-0.05, 0) is 36.6 Å². The first-order valence-corrected chi connectivity index (χ1v) is 10.4. The van der Waals surface area contributed by atoms with E-state index in [0.29, 0.717) is 48.7 Å². The van der Waals surface area contributed by atoms with Gasteiger partial charge < -0.3 is 15.0 Å². The number of likely N-dealkylation sites (tertiary alicyclic amines) is 1. The number of nitrogens with zero attached hydrogens (tertiary/aromatic N) is 2. The zero-order chi connectivity index (χ0) is 21.1. The Bertz CT molecular complexity index is 962. The van der Waals surface area contributed by atoms with Crippen molar-refractivity contribution in [1.29, 1.82) is 0 Å². The summed E-state index contributed by atoms with van der Waals surface area (Å²) in [5, 5.41) is 9.92. The average Bonchev–Trinajstić information content (AvgIpc) is 3.19. The van der Waals surface area contributed by atoms with Gasteiger partial charge in [-0.25, -0.2) is 0 Å². The Labute approximate surface area is 178 Å². The van der Waals surface area contributed by atoms with Crippen molar-refractivity contribution in [2.45, 2.75) is 37.7 Å². The highest BCUT2D eigenvalue weighted by atomic mass is 35.5. The van der Waals surface area contributed by atoms with Crippen LogP contribution in [0, 0.1) is 0 Å². The maximum Gasteiger partial charge on any atom is 0.239 e. The normalized spacial score (nSPS) is 21.2. The highest BCUT2D eigenvalue weighted by Gasteiger charge is 2.43. The van der Waals surface area contributed by atoms with E-state index in [2.05, 4.69) is 15.5 Å². The lowest BCUT2D eigenvalue weighted by Gasteiger charge is -2.37. The van der Waals surface area contributed by atoms with Crippen LogP contribution >= 0.6 is 11.6 Å². The van der Waals surface area contributed by atoms with E-state index in [4.69, 9.17) is 16.3 Å². The minimum Gasteiger partial charge on any atom is -0.486 e. The minimum atomic E-state index is -0.722. The second-order valence-electron chi connectivity index (χ2n) is 7.80. The number of halogens is 1. The van der Waals surface area contributed by atoms with Gasteiger partial charge in [0.25, 0.3) is 0 Å². The average molecular weight is 431 g/mol. The number of rotatable bonds is 5. The molecule has 1 atom stereocenters. The number of fused-ring (bicyclic) bond motifs is 1. The number of carbonyl (C=O) groups is 3. The summed E-state index contributed by atoms with van der Waals surface area (Å²) in [6, 6.07) is 5.01. The van der Waals surface area contributed by atoms with Gasteiger partial charge in [0.15, 0.2) is 5.78 Å². The molecule has 1 spiro atoms. The fraction of sp³-hybridized carbons (Fsp3) is 0.429. The molecule has 9 heteroatoms. The number of ether oxygens (including phenoxy) is 1. The van der Waals surface area contributed by atoms with Crippen LogP contribution in [0.1, 0.15) is 41.6 Å². The summed E-state index contributed by atoms with van der Waals surface area (Å²) in [5.74, 6) is 0.170. The summed E-state index contributed by atoms with van der Waals surface area (Å²) in [7, 11) is 0. The lowest BCUT2D eigenvalue weighted by atomic mass is 9.84. The molecule has 1 unspecified atom stereocenters. The van der Waals surface area contributed by atoms with Crippen LogP contribution < -0.4 is 10.1 Å². The van der Waals surface area contributed by atoms with Crippen LogP contribution in [0.5, 0.6) is 5.75 Å². The van der Waals surface area contributed by atoms with Crippen LogP contribution in [0.2, 0.25) is 5.02 Å². The van der Waals surface area contributed by atoms with Crippen molar-refractivity contribution in [3.05, 3.63) is 46.7 Å². The van der Waals surface area contributed by atoms with Crippen molar-refractivity contribution in [2.24, 2.45) is 0 Å². The molecule has 2 N–H and O–H groups in total. The van der Waals surface area contributed by atoms with Crippen molar-refractivity contribution < 1.29 is 19.1 Å². The van der Waals surface area contributed by atoms with Crippen molar-refractivity contribution in [2.75, 3.05) is 19.6 Å². The van der Waals surface area contributed by atoms with Gasteiger partial charge in [0.1, 0.15) is 11.4 Å². The summed E-state index contributed by atoms with van der Waals surface area (Å²) in [4.78, 5) is 39.1. The molecule has 4 rings (SSSR count). The summed E-state index contributed by atoms with van der Waals surface area (Å²) in [5.41, 5.74) is 0.765. The van der Waals surface area contributed by atoms with Gasteiger partial charge in [-0.3, -0.25) is 19.5 Å². The predicted octanol–water partition coefficient (Wildman–Crippen LogP) is 2.14. The molecule has 2 amide bonds. The molecule has 1 fully saturated rings. The van der Waals surface area contributed by atoms with Gasteiger partial charge in [-0.2, -0.15) is 5.10 Å². The molecule has 0 saturated carbocycles. The fourth-order valence-electron chi connectivity index (χ4n) is 3.98. The monoisotopic (exact) mass is 430 g/mol. The van der Waals surface area contributed by atoms with Gasteiger partial charge in [0.05, 0.1) is 24.7 Å². The SMILES string of the molecule is O=C(CN1CCC2(CCC1=O)CC(=O)c1cc(Cl)ccc1O2)NCCc1cn[nH]c1. The van der Waals surface area contributed by atoms with Gasteiger partial charge in [0.2, 0.25) is 11.8 Å². The number of carbonyl (C=O) groups excluding carboxylic acids is 3. The number of aromatic amines is 1. The summed E-state index contributed by atoms with van der Waals surface area (Å²) in [6.07, 6.45) is 5.53. The van der Waals surface area contributed by atoms with Gasteiger partial charge in [0, 0.05) is 37.2 Å². The van der Waals surface area contributed by atoms with Crippen molar-refractivity contribution in [3.63, 3.8) is 0 Å². The van der Waals surface area contributed by atoms with Crippen molar-refractivity contribution >= 4 is 29.2 Å². The van der Waals surface area contributed by atoms with Crippen LogP contribution in [0.3, 0.4) is 0 Å². The number of amides is 2. The Kier molecular flexibility index (Phi) is 5.76. The van der Waals surface area contributed by atoms with Crippen LogP contribution in [0.25, 0.3) is 0 Å². The number of nitrogens with one attached hydrogen (secondary N) is 2. The quantitative estimate of drug-likeness (QED) is 0.756. The van der Waals surface area contributed by atoms with Gasteiger partial charge >= 0.3 is 0 Å². The van der Waals surface area contributed by atoms with E-state index in [1.165, 1.54) is 0 Å². The molecular weight excluding hydrogens is 408 g/mol. The van der Waals surface area contributed by atoms with Crippen LogP contribution in [-0.4, -0.2) is 57.9 Å². The molecule has 3 heterocycles. The number of benzene rings is 1. The Morgan fingerprint density at radius 1 is 1.33 bits per heavy atom. The van der Waals surface area contributed by atoms with E-state index in [-0.39, 0.29) is 37.0 Å². The first-order chi connectivity index (χ1) is 14.4. The standard InChI is InChI=1S/C21H23ClN4O4/c22-15-1-2-18-16(9-15)17(27)10-21(30-18)5-3-20(29)26(8-6-21)13-19(28)23-7-4-14-11-24-25-12-14/h1-2,9,11-12H,3-8,10,13H2,(H,23,28)(H,24,25). The van der Waals surface area contributed by atoms with E-state index in [0.717, 1.165) is 5.56 Å². The number of hydrogen-bond acceptors (Lipinski definition) is 5. The van der Waals surface area contributed by atoms with Crippen LogP contribution in [0.15, 0.2) is 30.6 Å². The Morgan fingerprint density at radius 3 is 3.00 bits per heavy atom. The van der Waals surface area contributed by atoms with Gasteiger partial charge in [-0.1, -0.05) is 11.6 Å². The number of hydrogen-bond donors (Lipinski definition) is 2. The number of aromatic nitrogens is 2. The third kappa shape index (κ3) is 4.48. The molecule has 158 valence electrons. The van der Waals surface area contributed by atoms with Crippen LogP contribution in [-0.2, 0) is 16.0 Å². The van der Waals surface area contributed by atoms with E-state index in [1.807, 2.05) is 0 Å². The number of Topliss-reactive ketones (excluding diaryl/α,β-unsaturated/α-hetero) is 1. The zero-order valence-electron chi connectivity index (χ0n) is 16.4. The Hall–Kier alpha value is -2.87. The fourth-order valence-corrected chi connectivity index (χ4v) is 4.16. The second kappa shape index (κ2) is 8.47. The molecule has 30 heavy (non-hydrogen) atoms. The van der Waals surface area contributed by atoms with Crippen molar-refractivity contribution in [1.82, 2.24) is 20.4 Å². The zero-order valence-corrected chi connectivity index (χ0v) is 17.2. The first kappa shape index (κ1) is 20.4. The molecule has 0 aliphatic carbocycles. The summed E-state index contributed by atoms with van der Waals surface area (Å²) < 4.78 is 6.21. The second-order valence-corrected chi connectivity index (χ2v) is 8.23. The molecular formula is C21H23ClN4O4. The minimum absolute atomic E-state index is 0.000438. The number of ketones is 1. The Balaban J connectivity index is 1.35. The molecule has 0 bridgehead atoms. The third-order valence-electron chi connectivity index (χ3n) is 5.66. The third-order valence-corrected chi connectivity index (χ3v) is 5.90. The van der Waals surface area contributed by atoms with E-state index in [1.54, 1.807) is 35.5 Å². The smallest absolute Gasteiger partial charge is 0.239 e. The largest absolute Gasteiger partial charge is 0.486 e. The van der Waals surface area contributed by atoms with E-state index < -0.39 is 5.60 Å². The highest BCUT2D eigenvalue weighted by Crippen LogP contribution is 2.40. The van der Waals surface area contributed by atoms with E-state index in [9.17, 15) is 14.4 Å². The molecule has 0 radical (unpaired) electrons. The molecule has 8 nitrogen and oxygen atoms in total. The lowest BCUT2D eigenvalue weighted by Crippen LogP contribution is -2.44. The summed E-state index contributed by atoms with van der Waals surface area (Å²) >= 11 is 6.00.